The second-order valence-corrected chi connectivity index (χ2v) is 4.49. The van der Waals surface area contributed by atoms with E-state index in [9.17, 15) is 4.79 Å². The monoisotopic (exact) mass is 207 g/mol. The standard InChI is InChI=1S/C11H13NOS/c1-8-4-3-5-9(2)11(8)12-7-14-6-10(12)13/h3-5H,6-7H2,1-2H3. The van der Waals surface area contributed by atoms with Crippen molar-refractivity contribution in [3.05, 3.63) is 29.3 Å². The Morgan fingerprint density at radius 1 is 1.29 bits per heavy atom. The van der Waals surface area contributed by atoms with Crippen LogP contribution in [0.5, 0.6) is 0 Å². The largest absolute Gasteiger partial charge is 0.301 e. The summed E-state index contributed by atoms with van der Waals surface area (Å²) in [6.45, 7) is 4.11. The molecule has 2 rings (SSSR count). The van der Waals surface area contributed by atoms with E-state index >= 15 is 0 Å². The Kier molecular flexibility index (Phi) is 2.50. The highest BCUT2D eigenvalue weighted by Crippen LogP contribution is 2.29. The highest BCUT2D eigenvalue weighted by atomic mass is 32.2. The van der Waals surface area contributed by atoms with E-state index in [4.69, 9.17) is 0 Å². The number of carbonyl (C=O) groups is 1. The molecule has 1 amide bonds. The van der Waals surface area contributed by atoms with E-state index in [1.807, 2.05) is 11.0 Å². The lowest BCUT2D eigenvalue weighted by atomic mass is 10.1. The molecule has 0 aliphatic carbocycles. The molecule has 1 heterocycles. The summed E-state index contributed by atoms with van der Waals surface area (Å²) in [7, 11) is 0. The predicted molar refractivity (Wildman–Crippen MR) is 60.7 cm³/mol. The number of carbonyl (C=O) groups excluding carboxylic acids is 1. The normalized spacial score (nSPS) is 16.4. The molecule has 1 saturated heterocycles. The van der Waals surface area contributed by atoms with Gasteiger partial charge in [0.25, 0.3) is 0 Å². The van der Waals surface area contributed by atoms with Crippen molar-refractivity contribution in [3.63, 3.8) is 0 Å². The first-order chi connectivity index (χ1) is 6.70. The molecule has 0 spiro atoms. The molecule has 0 N–H and O–H groups in total. The number of aryl methyl sites for hydroxylation is 2. The molecule has 1 aromatic rings. The van der Waals surface area contributed by atoms with Gasteiger partial charge in [-0.05, 0) is 25.0 Å². The van der Waals surface area contributed by atoms with Crippen molar-refractivity contribution in [3.8, 4) is 0 Å². The molecule has 2 nitrogen and oxygen atoms in total. The van der Waals surface area contributed by atoms with Crippen LogP contribution in [0.25, 0.3) is 0 Å². The van der Waals surface area contributed by atoms with Crippen LogP contribution in [0.1, 0.15) is 11.1 Å². The Morgan fingerprint density at radius 3 is 2.43 bits per heavy atom. The summed E-state index contributed by atoms with van der Waals surface area (Å²) in [5.74, 6) is 1.64. The minimum atomic E-state index is 0.229. The van der Waals surface area contributed by atoms with Gasteiger partial charge in [-0.15, -0.1) is 11.8 Å². The van der Waals surface area contributed by atoms with Crippen LogP contribution in [0.4, 0.5) is 5.69 Å². The summed E-state index contributed by atoms with van der Waals surface area (Å²) in [6, 6.07) is 6.14. The Bertz CT molecular complexity index is 355. The van der Waals surface area contributed by atoms with Gasteiger partial charge in [-0.25, -0.2) is 0 Å². The molecule has 0 unspecified atom stereocenters. The maximum Gasteiger partial charge on any atom is 0.237 e. The van der Waals surface area contributed by atoms with Gasteiger partial charge in [0.05, 0.1) is 17.3 Å². The Hall–Kier alpha value is -0.960. The predicted octanol–water partition coefficient (Wildman–Crippen LogP) is 2.34. The fraction of sp³-hybridized carbons (Fsp3) is 0.364. The summed E-state index contributed by atoms with van der Waals surface area (Å²) >= 11 is 1.68. The zero-order valence-corrected chi connectivity index (χ0v) is 9.23. The number of rotatable bonds is 1. The van der Waals surface area contributed by atoms with Gasteiger partial charge in [-0.1, -0.05) is 18.2 Å². The van der Waals surface area contributed by atoms with Gasteiger partial charge in [0.1, 0.15) is 0 Å². The smallest absolute Gasteiger partial charge is 0.237 e. The maximum atomic E-state index is 11.6. The lowest BCUT2D eigenvalue weighted by Gasteiger charge is -2.19. The van der Waals surface area contributed by atoms with E-state index in [2.05, 4.69) is 26.0 Å². The van der Waals surface area contributed by atoms with Gasteiger partial charge in [0, 0.05) is 0 Å². The number of hydrogen-bond acceptors (Lipinski definition) is 2. The van der Waals surface area contributed by atoms with Crippen LogP contribution in [-0.4, -0.2) is 17.5 Å². The molecule has 14 heavy (non-hydrogen) atoms. The van der Waals surface area contributed by atoms with Crippen LogP contribution in [0, 0.1) is 13.8 Å². The Labute approximate surface area is 88.3 Å². The lowest BCUT2D eigenvalue weighted by Crippen LogP contribution is -2.26. The fourth-order valence-electron chi connectivity index (χ4n) is 1.79. The van der Waals surface area contributed by atoms with Crippen LogP contribution in [0.3, 0.4) is 0 Å². The highest BCUT2D eigenvalue weighted by molar-refractivity contribution is 8.00. The topological polar surface area (TPSA) is 20.3 Å². The second-order valence-electron chi connectivity index (χ2n) is 3.54. The fourth-order valence-corrected chi connectivity index (χ4v) is 2.67. The molecular formula is C11H13NOS. The number of hydrogen-bond donors (Lipinski definition) is 0. The molecule has 0 aromatic heterocycles. The van der Waals surface area contributed by atoms with Crippen molar-refractivity contribution in [1.29, 1.82) is 0 Å². The summed E-state index contributed by atoms with van der Waals surface area (Å²) in [6.07, 6.45) is 0. The molecule has 74 valence electrons. The number of amides is 1. The van der Waals surface area contributed by atoms with Crippen molar-refractivity contribution < 1.29 is 4.79 Å². The molecule has 3 heteroatoms. The SMILES string of the molecule is Cc1cccc(C)c1N1CSCC1=O. The Balaban J connectivity index is 2.44. The third-order valence-corrected chi connectivity index (χ3v) is 3.35. The molecule has 0 atom stereocenters. The van der Waals surface area contributed by atoms with Gasteiger partial charge in [-0.3, -0.25) is 4.79 Å². The van der Waals surface area contributed by atoms with Crippen LogP contribution in [0.2, 0.25) is 0 Å². The first kappa shape index (κ1) is 9.59. The van der Waals surface area contributed by atoms with E-state index in [1.165, 1.54) is 11.1 Å². The maximum absolute atomic E-state index is 11.6. The average Bonchev–Trinajstić information content (AvgIpc) is 2.52. The quantitative estimate of drug-likeness (QED) is 0.704. The van der Waals surface area contributed by atoms with Crippen LogP contribution in [0.15, 0.2) is 18.2 Å². The number of anilines is 1. The summed E-state index contributed by atoms with van der Waals surface area (Å²) < 4.78 is 0. The van der Waals surface area contributed by atoms with Gasteiger partial charge in [0.15, 0.2) is 0 Å². The van der Waals surface area contributed by atoms with E-state index in [1.54, 1.807) is 11.8 Å². The number of benzene rings is 1. The van der Waals surface area contributed by atoms with Gasteiger partial charge in [0.2, 0.25) is 5.91 Å². The zero-order chi connectivity index (χ0) is 10.1. The molecule has 1 aromatic carbocycles. The van der Waals surface area contributed by atoms with Gasteiger partial charge in [-0.2, -0.15) is 0 Å². The molecule has 0 radical (unpaired) electrons. The van der Waals surface area contributed by atoms with Crippen LogP contribution >= 0.6 is 11.8 Å². The molecule has 1 aliphatic rings. The van der Waals surface area contributed by atoms with Crippen molar-refractivity contribution >= 4 is 23.4 Å². The minimum Gasteiger partial charge on any atom is -0.301 e. The first-order valence-corrected chi connectivity index (χ1v) is 5.80. The van der Waals surface area contributed by atoms with Crippen molar-refractivity contribution in [2.24, 2.45) is 0 Å². The van der Waals surface area contributed by atoms with Crippen molar-refractivity contribution in [1.82, 2.24) is 0 Å². The van der Waals surface area contributed by atoms with E-state index < -0.39 is 0 Å². The zero-order valence-electron chi connectivity index (χ0n) is 8.41. The molecule has 1 aliphatic heterocycles. The number of para-hydroxylation sites is 1. The lowest BCUT2D eigenvalue weighted by molar-refractivity contribution is -0.115. The summed E-state index contributed by atoms with van der Waals surface area (Å²) in [4.78, 5) is 13.5. The number of thioether (sulfide) groups is 1. The summed E-state index contributed by atoms with van der Waals surface area (Å²) in [5.41, 5.74) is 3.46. The van der Waals surface area contributed by atoms with E-state index in [-0.39, 0.29) is 5.91 Å². The van der Waals surface area contributed by atoms with Gasteiger partial charge >= 0.3 is 0 Å². The van der Waals surface area contributed by atoms with E-state index in [0.717, 1.165) is 11.6 Å². The third kappa shape index (κ3) is 1.52. The third-order valence-electron chi connectivity index (χ3n) is 2.46. The molecule has 0 saturated carbocycles. The molecule has 1 fully saturated rings. The van der Waals surface area contributed by atoms with Crippen LogP contribution < -0.4 is 4.90 Å². The molecule has 0 bridgehead atoms. The molecular weight excluding hydrogens is 194 g/mol. The van der Waals surface area contributed by atoms with Crippen molar-refractivity contribution in [2.45, 2.75) is 13.8 Å². The minimum absolute atomic E-state index is 0.229. The first-order valence-electron chi connectivity index (χ1n) is 4.64. The summed E-state index contributed by atoms with van der Waals surface area (Å²) in [5, 5.41) is 0. The average molecular weight is 207 g/mol. The van der Waals surface area contributed by atoms with Crippen LogP contribution in [-0.2, 0) is 4.79 Å². The Morgan fingerprint density at radius 2 is 1.93 bits per heavy atom. The van der Waals surface area contributed by atoms with E-state index in [0.29, 0.717) is 5.75 Å². The van der Waals surface area contributed by atoms with Gasteiger partial charge < -0.3 is 4.90 Å². The number of nitrogens with zero attached hydrogens (tertiary/aromatic N) is 1. The second kappa shape index (κ2) is 3.65. The highest BCUT2D eigenvalue weighted by Gasteiger charge is 2.24. The van der Waals surface area contributed by atoms with Crippen molar-refractivity contribution in [2.75, 3.05) is 16.5 Å².